The number of carbonyl (C=O) groups is 4. The van der Waals surface area contributed by atoms with Crippen molar-refractivity contribution < 1.29 is 47.6 Å². The average molecular weight is 675 g/mol. The Morgan fingerprint density at radius 2 is 1.15 bits per heavy atom. The van der Waals surface area contributed by atoms with Gasteiger partial charge in [-0.25, -0.2) is 9.59 Å². The first-order valence-electron chi connectivity index (χ1n) is 17.6. The number of esters is 4. The molecule has 2 rings (SSSR count). The molecule has 2 unspecified atom stereocenters. The first-order chi connectivity index (χ1) is 23.3. The van der Waals surface area contributed by atoms with Gasteiger partial charge in [0.2, 0.25) is 0 Å². The van der Waals surface area contributed by atoms with Crippen molar-refractivity contribution in [2.24, 2.45) is 11.8 Å². The molecule has 0 aromatic rings. The summed E-state index contributed by atoms with van der Waals surface area (Å²) in [5, 5.41) is 0. The third kappa shape index (κ3) is 18.2. The summed E-state index contributed by atoms with van der Waals surface area (Å²) < 4.78 is 33.1. The minimum Gasteiger partial charge on any atom is -0.463 e. The molecule has 10 heteroatoms. The Hall–Kier alpha value is -3.50. The van der Waals surface area contributed by atoms with Crippen LogP contribution in [-0.2, 0) is 47.6 Å². The van der Waals surface area contributed by atoms with Gasteiger partial charge in [0, 0.05) is 38.2 Å². The van der Waals surface area contributed by atoms with Crippen molar-refractivity contribution in [1.82, 2.24) is 0 Å². The van der Waals surface area contributed by atoms with E-state index >= 15 is 0 Å². The van der Waals surface area contributed by atoms with Gasteiger partial charge in [-0.05, 0) is 76.4 Å². The molecule has 1 saturated carbocycles. The van der Waals surface area contributed by atoms with E-state index in [1.165, 1.54) is 0 Å². The van der Waals surface area contributed by atoms with Crippen molar-refractivity contribution in [1.29, 1.82) is 0 Å². The molecule has 0 aromatic carbocycles. The molecular weight excluding hydrogens is 616 g/mol. The van der Waals surface area contributed by atoms with E-state index in [9.17, 15) is 19.2 Å². The Balaban J connectivity index is 0.00000565. The monoisotopic (exact) mass is 674 g/mol. The molecular formula is C38H58O10. The summed E-state index contributed by atoms with van der Waals surface area (Å²) in [5.74, 6) is -0.873. The van der Waals surface area contributed by atoms with E-state index in [1.54, 1.807) is 12.2 Å². The molecule has 270 valence electrons. The highest BCUT2D eigenvalue weighted by molar-refractivity contribution is 5.81. The fourth-order valence-corrected chi connectivity index (χ4v) is 5.00. The average Bonchev–Trinajstić information content (AvgIpc) is 3.13. The third-order valence-corrected chi connectivity index (χ3v) is 7.83. The molecule has 0 aromatic heterocycles. The van der Waals surface area contributed by atoms with E-state index in [0.29, 0.717) is 82.9 Å². The van der Waals surface area contributed by atoms with Crippen molar-refractivity contribution in [2.75, 3.05) is 26.4 Å². The van der Waals surface area contributed by atoms with Gasteiger partial charge in [0.1, 0.15) is 11.5 Å². The van der Waals surface area contributed by atoms with Gasteiger partial charge in [0.25, 0.3) is 0 Å². The normalized spacial score (nSPS) is 20.8. The molecule has 48 heavy (non-hydrogen) atoms. The van der Waals surface area contributed by atoms with E-state index in [-0.39, 0.29) is 36.0 Å². The molecule has 0 N–H and O–H groups in total. The zero-order valence-corrected chi connectivity index (χ0v) is 29.6. The Morgan fingerprint density at radius 1 is 0.646 bits per heavy atom. The molecule has 0 amide bonds. The number of allylic oxidation sites excluding steroid dienone is 4. The molecule has 0 spiro atoms. The first kappa shape index (κ1) is 42.5. The second kappa shape index (κ2) is 26.5. The molecule has 2 aliphatic carbocycles. The van der Waals surface area contributed by atoms with Crippen LogP contribution in [0.3, 0.4) is 0 Å². The van der Waals surface area contributed by atoms with Crippen molar-refractivity contribution >= 4 is 23.9 Å². The van der Waals surface area contributed by atoms with Crippen LogP contribution < -0.4 is 0 Å². The van der Waals surface area contributed by atoms with Gasteiger partial charge in [-0.3, -0.25) is 9.59 Å². The summed E-state index contributed by atoms with van der Waals surface area (Å²) in [4.78, 5) is 47.8. The Labute approximate surface area is 287 Å². The van der Waals surface area contributed by atoms with E-state index in [2.05, 4.69) is 13.2 Å². The molecule has 1 fully saturated rings. The predicted octanol–water partition coefficient (Wildman–Crippen LogP) is 7.63. The smallest absolute Gasteiger partial charge is 0.330 e. The van der Waals surface area contributed by atoms with Gasteiger partial charge >= 0.3 is 23.9 Å². The van der Waals surface area contributed by atoms with Crippen LogP contribution >= 0.6 is 0 Å². The number of carbonyl (C=O) groups excluding carboxylic acids is 4. The molecule has 2 aliphatic rings. The summed E-state index contributed by atoms with van der Waals surface area (Å²) in [6.45, 7) is 16.4. The molecule has 10 nitrogen and oxygen atoms in total. The van der Waals surface area contributed by atoms with Crippen molar-refractivity contribution in [3.05, 3.63) is 61.1 Å². The van der Waals surface area contributed by atoms with Crippen molar-refractivity contribution in [2.45, 2.75) is 117 Å². The maximum absolute atomic E-state index is 12.9. The van der Waals surface area contributed by atoms with Crippen LogP contribution in [0.5, 0.6) is 0 Å². The third-order valence-electron chi connectivity index (χ3n) is 7.83. The van der Waals surface area contributed by atoms with Gasteiger partial charge in [-0.15, -0.1) is 0 Å². The molecule has 0 radical (unpaired) electrons. The highest BCUT2D eigenvalue weighted by atomic mass is 16.5. The van der Waals surface area contributed by atoms with Crippen molar-refractivity contribution in [3.63, 3.8) is 0 Å². The number of unbranched alkanes of at least 4 members (excludes halogenated alkanes) is 2. The van der Waals surface area contributed by atoms with Crippen LogP contribution in [0.4, 0.5) is 0 Å². The lowest BCUT2D eigenvalue weighted by Crippen LogP contribution is -2.27. The van der Waals surface area contributed by atoms with E-state index < -0.39 is 11.9 Å². The number of hydrogen-bond acceptors (Lipinski definition) is 10. The molecule has 0 saturated heterocycles. The quantitative estimate of drug-likeness (QED) is 0.0228. The van der Waals surface area contributed by atoms with Crippen LogP contribution in [0, 0.1) is 11.8 Å². The Morgan fingerprint density at radius 3 is 1.62 bits per heavy atom. The lowest BCUT2D eigenvalue weighted by Gasteiger charge is -2.27. The van der Waals surface area contributed by atoms with Gasteiger partial charge < -0.3 is 28.4 Å². The minimum atomic E-state index is -0.423. The minimum absolute atomic E-state index is 0.0553. The number of ether oxygens (including phenoxy) is 6. The molecule has 0 bridgehead atoms. The molecule has 2 atom stereocenters. The van der Waals surface area contributed by atoms with Crippen LogP contribution in [-0.4, -0.2) is 62.5 Å². The van der Waals surface area contributed by atoms with Gasteiger partial charge in [0.05, 0.1) is 37.3 Å². The zero-order valence-electron chi connectivity index (χ0n) is 29.6. The second-order valence-electron chi connectivity index (χ2n) is 11.3. The van der Waals surface area contributed by atoms with Gasteiger partial charge in [0.15, 0.2) is 0 Å². The maximum Gasteiger partial charge on any atom is 0.330 e. The van der Waals surface area contributed by atoms with Crippen LogP contribution in [0.15, 0.2) is 61.1 Å². The second-order valence-corrected chi connectivity index (χ2v) is 11.3. The highest BCUT2D eigenvalue weighted by Crippen LogP contribution is 2.28. The Bertz CT molecular complexity index is 1080. The van der Waals surface area contributed by atoms with E-state index in [0.717, 1.165) is 44.3 Å². The van der Waals surface area contributed by atoms with E-state index in [4.69, 9.17) is 28.4 Å². The summed E-state index contributed by atoms with van der Waals surface area (Å²) >= 11 is 0. The lowest BCUT2D eigenvalue weighted by atomic mass is 9.87. The largest absolute Gasteiger partial charge is 0.463 e. The number of hydrogen-bond donors (Lipinski definition) is 0. The van der Waals surface area contributed by atoms with Crippen LogP contribution in [0.2, 0.25) is 0 Å². The maximum atomic E-state index is 12.9. The van der Waals surface area contributed by atoms with Crippen LogP contribution in [0.1, 0.15) is 105 Å². The topological polar surface area (TPSA) is 124 Å². The predicted molar refractivity (Wildman–Crippen MR) is 184 cm³/mol. The van der Waals surface area contributed by atoms with Crippen molar-refractivity contribution in [3.8, 4) is 0 Å². The standard InChI is InChI=1S/C36H52O10.C2H6/c1-5-29(45-35(39)27-13-17-31(18-14-27)41-23-9-11-25-43-33(37)7-3)21-22-30(6-2)46-36(40)28-15-19-32(20-16-28)42-24-10-12-26-44-34(38)8-4;1-2/h7-8,13,17,21-22,27-28,31-32H,3-6,9-12,14-16,18-20,23-26H2,1-2H3;1-2H3/b29-21+,30-22+;. The fourth-order valence-electron chi connectivity index (χ4n) is 5.00. The Kier molecular flexibility index (Phi) is 23.4. The fraction of sp³-hybridized carbons (Fsp3) is 0.632. The molecule has 0 aliphatic heterocycles. The van der Waals surface area contributed by atoms with Gasteiger partial charge in [-0.2, -0.15) is 0 Å². The summed E-state index contributed by atoms with van der Waals surface area (Å²) in [6, 6.07) is 0. The summed E-state index contributed by atoms with van der Waals surface area (Å²) in [7, 11) is 0. The zero-order chi connectivity index (χ0) is 35.6. The summed E-state index contributed by atoms with van der Waals surface area (Å²) in [6.07, 6.45) is 17.9. The first-order valence-corrected chi connectivity index (χ1v) is 17.6. The molecule has 0 heterocycles. The van der Waals surface area contributed by atoms with E-state index in [1.807, 2.05) is 39.8 Å². The highest BCUT2D eigenvalue weighted by Gasteiger charge is 2.28. The van der Waals surface area contributed by atoms with Crippen LogP contribution in [0.25, 0.3) is 0 Å². The summed E-state index contributed by atoms with van der Waals surface area (Å²) in [5.41, 5.74) is 0. The SMILES string of the molecule is C=CC(=O)OCCCCOC1C=CC(C(=O)O/C(=C/C=C(\CC)OC(=O)C2CCC(OCCCCOC(=O)C=C)CC2)CC)CC1.CC. The number of rotatable bonds is 21. The lowest BCUT2D eigenvalue weighted by molar-refractivity contribution is -0.147. The van der Waals surface area contributed by atoms with Gasteiger partial charge in [-0.1, -0.05) is 53.0 Å².